The molecule has 0 bridgehead atoms. The fourth-order valence-corrected chi connectivity index (χ4v) is 3.58. The van der Waals surface area contributed by atoms with Crippen molar-refractivity contribution in [3.8, 4) is 0 Å². The molecular formula is C19H19NO3. The van der Waals surface area contributed by atoms with Crippen LogP contribution in [0.4, 0.5) is 0 Å². The normalized spacial score (nSPS) is 20.8. The number of nitrogens with two attached hydrogens (primary N) is 1. The van der Waals surface area contributed by atoms with Crippen LogP contribution in [0.5, 0.6) is 0 Å². The maximum absolute atomic E-state index is 12.1. The Bertz CT molecular complexity index is 755. The quantitative estimate of drug-likeness (QED) is 0.854. The number of ketones is 1. The number of Topliss-reactive ketones (excluding diaryl/α,β-unsaturated/α-hetero) is 1. The largest absolute Gasteiger partial charge is 0.481 e. The second-order valence-corrected chi connectivity index (χ2v) is 6.04. The predicted molar refractivity (Wildman–Crippen MR) is 87.2 cm³/mol. The number of rotatable bonds is 3. The van der Waals surface area contributed by atoms with E-state index < -0.39 is 17.8 Å². The highest BCUT2D eigenvalue weighted by molar-refractivity contribution is 5.98. The number of fused-ring (bicyclic) bond motifs is 2. The molecule has 2 aromatic carbocycles. The van der Waals surface area contributed by atoms with Crippen LogP contribution in [-0.4, -0.2) is 16.9 Å². The summed E-state index contributed by atoms with van der Waals surface area (Å²) in [4.78, 5) is 23.9. The predicted octanol–water partition coefficient (Wildman–Crippen LogP) is 2.66. The van der Waals surface area contributed by atoms with Crippen molar-refractivity contribution < 1.29 is 14.7 Å². The van der Waals surface area contributed by atoms with Gasteiger partial charge in [0.2, 0.25) is 0 Å². The van der Waals surface area contributed by atoms with Crippen molar-refractivity contribution in [3.05, 3.63) is 70.8 Å². The van der Waals surface area contributed by atoms with Crippen molar-refractivity contribution in [2.45, 2.75) is 25.3 Å². The highest BCUT2D eigenvalue weighted by Crippen LogP contribution is 2.41. The lowest BCUT2D eigenvalue weighted by atomic mass is 9.77. The van der Waals surface area contributed by atoms with Crippen molar-refractivity contribution in [2.75, 3.05) is 0 Å². The van der Waals surface area contributed by atoms with Crippen molar-refractivity contribution >= 4 is 11.8 Å². The summed E-state index contributed by atoms with van der Waals surface area (Å²) in [6, 6.07) is 15.0. The fraction of sp³-hybridized carbons (Fsp3) is 0.263. The standard InChI is InChI=1S/C19H19NO3/c1-11(21)17(19(22)23)18-13-7-3-2-6-12(13)10-16(20)14-8-4-5-9-15(14)18/h2-9,16-18H,10,20H2,1H3,(H,22,23). The summed E-state index contributed by atoms with van der Waals surface area (Å²) in [6.45, 7) is 1.34. The maximum Gasteiger partial charge on any atom is 0.315 e. The zero-order valence-electron chi connectivity index (χ0n) is 12.9. The van der Waals surface area contributed by atoms with E-state index in [1.807, 2.05) is 48.5 Å². The Balaban J connectivity index is 2.30. The van der Waals surface area contributed by atoms with Gasteiger partial charge in [-0.1, -0.05) is 48.5 Å². The first kappa shape index (κ1) is 15.4. The summed E-state index contributed by atoms with van der Waals surface area (Å²) in [6.07, 6.45) is 0.633. The van der Waals surface area contributed by atoms with E-state index in [9.17, 15) is 14.7 Å². The SMILES string of the molecule is CC(=O)C(C(=O)O)C1c2ccccc2CC(N)c2ccccc21. The van der Waals surface area contributed by atoms with Gasteiger partial charge < -0.3 is 10.8 Å². The summed E-state index contributed by atoms with van der Waals surface area (Å²) < 4.78 is 0. The number of hydrogen-bond acceptors (Lipinski definition) is 3. The molecular weight excluding hydrogens is 290 g/mol. The molecule has 3 rings (SSSR count). The molecule has 0 spiro atoms. The molecule has 3 N–H and O–H groups in total. The van der Waals surface area contributed by atoms with Crippen LogP contribution in [0.2, 0.25) is 0 Å². The minimum absolute atomic E-state index is 0.209. The minimum atomic E-state index is -1.11. The van der Waals surface area contributed by atoms with Gasteiger partial charge in [-0.3, -0.25) is 9.59 Å². The molecule has 0 saturated heterocycles. The van der Waals surface area contributed by atoms with Crippen LogP contribution in [0.25, 0.3) is 0 Å². The van der Waals surface area contributed by atoms with Gasteiger partial charge in [0.05, 0.1) is 0 Å². The van der Waals surface area contributed by atoms with E-state index in [0.29, 0.717) is 6.42 Å². The van der Waals surface area contributed by atoms with Crippen LogP contribution in [0.15, 0.2) is 48.5 Å². The molecule has 0 saturated carbocycles. The van der Waals surface area contributed by atoms with Crippen LogP contribution in [0.3, 0.4) is 0 Å². The van der Waals surface area contributed by atoms with Crippen LogP contribution < -0.4 is 5.73 Å². The van der Waals surface area contributed by atoms with Gasteiger partial charge in [-0.2, -0.15) is 0 Å². The average Bonchev–Trinajstić information content (AvgIpc) is 2.63. The van der Waals surface area contributed by atoms with Gasteiger partial charge in [0.25, 0.3) is 0 Å². The van der Waals surface area contributed by atoms with Crippen molar-refractivity contribution in [1.29, 1.82) is 0 Å². The van der Waals surface area contributed by atoms with Crippen LogP contribution in [-0.2, 0) is 16.0 Å². The van der Waals surface area contributed by atoms with Gasteiger partial charge in [0.15, 0.2) is 0 Å². The van der Waals surface area contributed by atoms with Crippen LogP contribution >= 0.6 is 0 Å². The second-order valence-electron chi connectivity index (χ2n) is 6.04. The summed E-state index contributed by atoms with van der Waals surface area (Å²) in [7, 11) is 0. The van der Waals surface area contributed by atoms with Crippen molar-refractivity contribution in [3.63, 3.8) is 0 Å². The Hall–Kier alpha value is -2.46. The molecule has 0 heterocycles. The van der Waals surface area contributed by atoms with Gasteiger partial charge in [-0.15, -0.1) is 0 Å². The minimum Gasteiger partial charge on any atom is -0.481 e. The van der Waals surface area contributed by atoms with Gasteiger partial charge >= 0.3 is 5.97 Å². The zero-order valence-corrected chi connectivity index (χ0v) is 12.9. The second kappa shape index (κ2) is 5.97. The number of benzene rings is 2. The Kier molecular flexibility index (Phi) is 4.01. The van der Waals surface area contributed by atoms with E-state index in [2.05, 4.69) is 0 Å². The smallest absolute Gasteiger partial charge is 0.315 e. The summed E-state index contributed by atoms with van der Waals surface area (Å²) >= 11 is 0. The molecule has 3 unspecified atom stereocenters. The number of carbonyl (C=O) groups excluding carboxylic acids is 1. The first-order valence-corrected chi connectivity index (χ1v) is 7.66. The first-order chi connectivity index (χ1) is 11.0. The molecule has 3 atom stereocenters. The summed E-state index contributed by atoms with van der Waals surface area (Å²) in [5.74, 6) is -3.06. The molecule has 4 heteroatoms. The van der Waals surface area contributed by atoms with E-state index in [1.54, 1.807) is 0 Å². The molecule has 0 aliphatic heterocycles. The lowest BCUT2D eigenvalue weighted by Gasteiger charge is -2.25. The molecule has 0 fully saturated rings. The van der Waals surface area contributed by atoms with Crippen LogP contribution in [0.1, 0.15) is 41.1 Å². The Morgan fingerprint density at radius 2 is 1.61 bits per heavy atom. The van der Waals surface area contributed by atoms with E-state index in [4.69, 9.17) is 5.73 Å². The number of aliphatic carboxylic acids is 1. The molecule has 0 amide bonds. The van der Waals surface area contributed by atoms with E-state index in [0.717, 1.165) is 22.3 Å². The first-order valence-electron chi connectivity index (χ1n) is 7.66. The molecule has 2 aromatic rings. The van der Waals surface area contributed by atoms with Crippen LogP contribution in [0, 0.1) is 5.92 Å². The van der Waals surface area contributed by atoms with Gasteiger partial charge in [-0.05, 0) is 35.6 Å². The number of carboxylic acids is 1. The van der Waals surface area contributed by atoms with Crippen molar-refractivity contribution in [2.24, 2.45) is 11.7 Å². The monoisotopic (exact) mass is 309 g/mol. The molecule has 1 aliphatic rings. The molecule has 1 aliphatic carbocycles. The fourth-order valence-electron chi connectivity index (χ4n) is 3.58. The van der Waals surface area contributed by atoms with E-state index in [1.165, 1.54) is 6.92 Å². The molecule has 118 valence electrons. The highest BCUT2D eigenvalue weighted by Gasteiger charge is 2.38. The van der Waals surface area contributed by atoms with Gasteiger partial charge in [0.1, 0.15) is 11.7 Å². The summed E-state index contributed by atoms with van der Waals surface area (Å²) in [5, 5.41) is 9.65. The maximum atomic E-state index is 12.1. The Morgan fingerprint density at radius 1 is 1.04 bits per heavy atom. The molecule has 0 radical (unpaired) electrons. The third-order valence-electron chi connectivity index (χ3n) is 4.60. The Labute approximate surface area is 134 Å². The van der Waals surface area contributed by atoms with Gasteiger partial charge in [0, 0.05) is 12.0 Å². The van der Waals surface area contributed by atoms with E-state index >= 15 is 0 Å². The number of carboxylic acid groups (broad SMARTS) is 1. The zero-order chi connectivity index (χ0) is 16.6. The third-order valence-corrected chi connectivity index (χ3v) is 4.60. The van der Waals surface area contributed by atoms with Crippen molar-refractivity contribution in [1.82, 2.24) is 0 Å². The Morgan fingerprint density at radius 3 is 2.22 bits per heavy atom. The summed E-state index contributed by atoms with van der Waals surface area (Å²) in [5.41, 5.74) is 9.99. The van der Waals surface area contributed by atoms with Gasteiger partial charge in [-0.25, -0.2) is 0 Å². The number of hydrogen-bond donors (Lipinski definition) is 2. The lowest BCUT2D eigenvalue weighted by molar-refractivity contribution is -0.146. The number of carbonyl (C=O) groups is 2. The topological polar surface area (TPSA) is 80.4 Å². The highest BCUT2D eigenvalue weighted by atomic mass is 16.4. The molecule has 4 nitrogen and oxygen atoms in total. The van der Waals surface area contributed by atoms with E-state index in [-0.39, 0.29) is 11.8 Å². The average molecular weight is 309 g/mol. The molecule has 23 heavy (non-hydrogen) atoms. The third kappa shape index (κ3) is 2.66. The lowest BCUT2D eigenvalue weighted by Crippen LogP contribution is -2.30. The molecule has 0 aromatic heterocycles.